The number of rotatable bonds is 3. The molecule has 2 aromatic heterocycles. The standard InChI is InChI=1S/C43H51N3O10/c1-21-18-19-46-32(20-21)44-36-35-33-28(48)14-11-15-30(54-8)24(4)42(56-27(7)47)26(6)40(51)25(5)39(50)22(2)12-10-13-23(3)43(53)45-37(38(36)46)41(52)34(35)29(49)16-17-31(33)55-9/h10-13,15,18-20,22,24-26,30-31,39-40,42,48,50-52H,14H2,1-9H3,(H,45,53)/b12-10+,15-11+,23-13-,33-28?/t22-,24+,25+,26+,30-,31?,39-,40+,42+/m0/s1. The van der Waals surface area contributed by atoms with E-state index in [0.717, 1.165) is 5.56 Å². The number of aliphatic hydroxyl groups excluding tert-OH is 3. The average Bonchev–Trinajstić information content (AvgIpc) is 3.46. The molecule has 5 rings (SSSR count). The smallest absolute Gasteiger partial charge is 0.302 e. The van der Waals surface area contributed by atoms with Gasteiger partial charge in [-0.15, -0.1) is 0 Å². The molecule has 1 unspecified atom stereocenters. The van der Waals surface area contributed by atoms with Crippen LogP contribution in [-0.4, -0.2) is 92.2 Å². The molecule has 2 bridgehead atoms. The molecule has 0 spiro atoms. The molecule has 1 aliphatic carbocycles. The molecule has 1 amide bonds. The van der Waals surface area contributed by atoms with Gasteiger partial charge < -0.3 is 40.0 Å². The molecule has 13 nitrogen and oxygen atoms in total. The van der Waals surface area contributed by atoms with Crippen LogP contribution in [0.4, 0.5) is 5.69 Å². The number of pyridine rings is 1. The van der Waals surface area contributed by atoms with E-state index < -0.39 is 77.6 Å². The van der Waals surface area contributed by atoms with Gasteiger partial charge in [-0.1, -0.05) is 64.0 Å². The van der Waals surface area contributed by atoms with Gasteiger partial charge in [0.25, 0.3) is 5.91 Å². The van der Waals surface area contributed by atoms with Crippen LogP contribution in [0.5, 0.6) is 5.75 Å². The summed E-state index contributed by atoms with van der Waals surface area (Å²) in [6, 6.07) is 3.64. The maximum Gasteiger partial charge on any atom is 0.302 e. The van der Waals surface area contributed by atoms with Crippen LogP contribution in [-0.2, 0) is 23.8 Å². The van der Waals surface area contributed by atoms with Gasteiger partial charge in [0.05, 0.1) is 23.9 Å². The van der Waals surface area contributed by atoms with Crippen LogP contribution in [0.1, 0.15) is 69.4 Å². The topological polar surface area (TPSA) is 189 Å². The highest BCUT2D eigenvalue weighted by atomic mass is 16.5. The van der Waals surface area contributed by atoms with E-state index in [2.05, 4.69) is 17.2 Å². The summed E-state index contributed by atoms with van der Waals surface area (Å²) in [7, 11) is 2.87. The number of aliphatic hydroxyl groups is 3. The molecular weight excluding hydrogens is 718 g/mol. The lowest BCUT2D eigenvalue weighted by atomic mass is 9.78. The van der Waals surface area contributed by atoms with E-state index in [1.165, 1.54) is 21.1 Å². The number of Topliss-reactive ketones (excluding diaryl/α,β-unsaturated/α-hetero) is 1. The van der Waals surface area contributed by atoms with E-state index in [1.54, 1.807) is 74.7 Å². The van der Waals surface area contributed by atoms with Crippen molar-refractivity contribution in [2.75, 3.05) is 19.5 Å². The highest BCUT2D eigenvalue weighted by Crippen LogP contribution is 2.45. The van der Waals surface area contributed by atoms with E-state index in [9.17, 15) is 34.8 Å². The SMILES string of the molecule is COC1C#CC(=O)c2c(O)c3c4c(nc5cc(C)ccn54)c2C1=C(O)C/C=C/[C@H](OC)[C@@H](C)[C@@H](OC(C)=O)[C@H](C)[C@H](O)[C@H](C)[C@@H](O)[C@@H](C)/C=C/C=C(/C)C(=O)N3. The zero-order valence-corrected chi connectivity index (χ0v) is 33.2. The fourth-order valence-electron chi connectivity index (χ4n) is 7.60. The van der Waals surface area contributed by atoms with Gasteiger partial charge in [-0.05, 0) is 37.5 Å². The Labute approximate surface area is 326 Å². The lowest BCUT2D eigenvalue weighted by molar-refractivity contribution is -0.160. The van der Waals surface area contributed by atoms with Crippen molar-refractivity contribution in [3.05, 3.63) is 76.7 Å². The molecule has 3 heterocycles. The van der Waals surface area contributed by atoms with Gasteiger partial charge in [-0.25, -0.2) is 4.98 Å². The molecular formula is C43H51N3O10. The van der Waals surface area contributed by atoms with E-state index in [1.807, 2.05) is 19.9 Å². The third-order valence-corrected chi connectivity index (χ3v) is 10.9. The van der Waals surface area contributed by atoms with E-state index in [-0.39, 0.29) is 51.2 Å². The number of fused-ring (bicyclic) bond motifs is 1. The molecule has 13 heteroatoms. The molecule has 5 N–H and O–H groups in total. The number of carbonyl (C=O) groups is 3. The molecule has 3 aromatic rings. The van der Waals surface area contributed by atoms with Crippen molar-refractivity contribution in [2.45, 2.75) is 85.4 Å². The first-order valence-electron chi connectivity index (χ1n) is 18.6. The number of nitrogens with zero attached hydrogens (tertiary/aromatic N) is 2. The van der Waals surface area contributed by atoms with E-state index in [4.69, 9.17) is 19.2 Å². The number of allylic oxidation sites excluding steroid dienone is 3. The fourth-order valence-corrected chi connectivity index (χ4v) is 7.60. The maximum absolute atomic E-state index is 13.8. The number of amides is 1. The van der Waals surface area contributed by atoms with E-state index in [0.29, 0.717) is 5.65 Å². The second-order valence-electron chi connectivity index (χ2n) is 14.8. The Morgan fingerprint density at radius 2 is 1.70 bits per heavy atom. The molecule has 9 atom stereocenters. The van der Waals surface area contributed by atoms with Gasteiger partial charge in [0, 0.05) is 74.1 Å². The molecule has 1 aromatic carbocycles. The zero-order valence-electron chi connectivity index (χ0n) is 33.2. The molecule has 0 radical (unpaired) electrons. The van der Waals surface area contributed by atoms with Gasteiger partial charge in [-0.2, -0.15) is 0 Å². The third kappa shape index (κ3) is 8.15. The summed E-state index contributed by atoms with van der Waals surface area (Å²) in [6.45, 7) is 11.8. The molecule has 0 fully saturated rings. The number of hydrogen-bond donors (Lipinski definition) is 5. The Kier molecular flexibility index (Phi) is 12.9. The molecule has 1 aliphatic heterocycles. The van der Waals surface area contributed by atoms with E-state index >= 15 is 0 Å². The van der Waals surface area contributed by atoms with Crippen molar-refractivity contribution in [1.82, 2.24) is 9.38 Å². The number of phenols is 1. The monoisotopic (exact) mass is 769 g/mol. The summed E-state index contributed by atoms with van der Waals surface area (Å²) in [6.07, 6.45) is 5.09. The van der Waals surface area contributed by atoms with Crippen molar-refractivity contribution in [3.8, 4) is 17.6 Å². The Hall–Kier alpha value is -5.26. The Bertz CT molecular complexity index is 2220. The van der Waals surface area contributed by atoms with Crippen LogP contribution in [0.25, 0.3) is 22.3 Å². The summed E-state index contributed by atoms with van der Waals surface area (Å²) < 4.78 is 19.0. The number of esters is 1. The highest BCUT2D eigenvalue weighted by Gasteiger charge is 2.40. The number of aromatic hydroxyl groups is 1. The summed E-state index contributed by atoms with van der Waals surface area (Å²) >= 11 is 0. The Morgan fingerprint density at radius 1 is 0.982 bits per heavy atom. The minimum atomic E-state index is -1.12. The molecule has 0 saturated carbocycles. The minimum absolute atomic E-state index is 0.0834. The highest BCUT2D eigenvalue weighted by molar-refractivity contribution is 6.22. The van der Waals surface area contributed by atoms with Gasteiger partial charge in [0.2, 0.25) is 5.78 Å². The molecule has 298 valence electrons. The quantitative estimate of drug-likeness (QED) is 0.0734. The van der Waals surface area contributed by atoms with Gasteiger partial charge in [0.1, 0.15) is 40.3 Å². The predicted octanol–water partition coefficient (Wildman–Crippen LogP) is 5.60. The third-order valence-electron chi connectivity index (χ3n) is 10.9. The zero-order chi connectivity index (χ0) is 41.2. The maximum atomic E-state index is 13.8. The number of aromatic nitrogens is 2. The van der Waals surface area contributed by atoms with Crippen LogP contribution in [0.2, 0.25) is 0 Å². The van der Waals surface area contributed by atoms with Gasteiger partial charge in [-0.3, -0.25) is 18.8 Å². The van der Waals surface area contributed by atoms with Crippen LogP contribution >= 0.6 is 0 Å². The Balaban J connectivity index is 1.79. The number of hydrogen-bond acceptors (Lipinski definition) is 11. The first-order valence-corrected chi connectivity index (χ1v) is 18.6. The predicted molar refractivity (Wildman–Crippen MR) is 212 cm³/mol. The first-order chi connectivity index (χ1) is 26.5. The summed E-state index contributed by atoms with van der Waals surface area (Å²) in [5.74, 6) is 0.304. The molecule has 56 heavy (non-hydrogen) atoms. The van der Waals surface area contributed by atoms with Crippen molar-refractivity contribution >= 4 is 45.6 Å². The van der Waals surface area contributed by atoms with Crippen molar-refractivity contribution < 1.29 is 49.0 Å². The number of phenolic OH excluding ortho intramolecular Hbond substituents is 1. The van der Waals surface area contributed by atoms with Crippen LogP contribution < -0.4 is 5.32 Å². The summed E-state index contributed by atoms with van der Waals surface area (Å²) in [4.78, 5) is 44.8. The second-order valence-corrected chi connectivity index (χ2v) is 14.8. The number of carbonyl (C=O) groups excluding carboxylic acids is 3. The number of methoxy groups -OCH3 is 2. The average molecular weight is 770 g/mol. The minimum Gasteiger partial charge on any atom is -0.512 e. The van der Waals surface area contributed by atoms with Crippen LogP contribution in [0.3, 0.4) is 0 Å². The number of benzene rings is 1. The number of anilines is 1. The number of ketones is 1. The number of ether oxygens (including phenoxy) is 3. The largest absolute Gasteiger partial charge is 0.512 e. The van der Waals surface area contributed by atoms with Crippen molar-refractivity contribution in [2.24, 2.45) is 23.7 Å². The van der Waals surface area contributed by atoms with Gasteiger partial charge >= 0.3 is 5.97 Å². The lowest BCUT2D eigenvalue weighted by Crippen LogP contribution is -2.46. The molecule has 0 saturated heterocycles. The second kappa shape index (κ2) is 17.3. The summed E-state index contributed by atoms with van der Waals surface area (Å²) in [5.41, 5.74) is 1.86. The van der Waals surface area contributed by atoms with Crippen molar-refractivity contribution in [1.29, 1.82) is 0 Å². The number of nitrogens with one attached hydrogen (secondary N) is 1. The number of imidazole rings is 1. The number of aryl methyl sites for hydroxylation is 1. The van der Waals surface area contributed by atoms with Crippen molar-refractivity contribution in [3.63, 3.8) is 0 Å². The normalized spacial score (nSPS) is 30.2. The van der Waals surface area contributed by atoms with Crippen LogP contribution in [0, 0.1) is 42.4 Å². The van der Waals surface area contributed by atoms with Crippen LogP contribution in [0.15, 0.2) is 60.0 Å². The molecule has 2 aliphatic rings. The van der Waals surface area contributed by atoms with Gasteiger partial charge in [0.15, 0.2) is 5.75 Å². The fraction of sp³-hybridized carbons (Fsp3) is 0.442. The lowest BCUT2D eigenvalue weighted by Gasteiger charge is -2.38. The Morgan fingerprint density at radius 3 is 2.36 bits per heavy atom. The first kappa shape index (κ1) is 41.9. The summed E-state index contributed by atoms with van der Waals surface area (Å²) in [5, 5.41) is 49.5.